The van der Waals surface area contributed by atoms with Gasteiger partial charge in [-0.25, -0.2) is 14.0 Å². The van der Waals surface area contributed by atoms with E-state index in [4.69, 9.17) is 9.47 Å². The summed E-state index contributed by atoms with van der Waals surface area (Å²) in [6.07, 6.45) is 9.55. The van der Waals surface area contributed by atoms with Crippen LogP contribution < -0.4 is 5.69 Å². The average Bonchev–Trinajstić information content (AvgIpc) is 3.24. The zero-order valence-corrected chi connectivity index (χ0v) is 24.2. The highest BCUT2D eigenvalue weighted by Crippen LogP contribution is 2.48. The number of nitrogens with zero attached hydrogens (tertiary/aromatic N) is 3. The van der Waals surface area contributed by atoms with E-state index in [-0.39, 0.29) is 35.9 Å². The van der Waals surface area contributed by atoms with Crippen molar-refractivity contribution in [1.82, 2.24) is 19.4 Å². The lowest BCUT2D eigenvalue weighted by atomic mass is 9.65. The molecule has 9 heteroatoms. The largest absolute Gasteiger partial charge is 0.457 e. The molecule has 218 valence electrons. The minimum Gasteiger partial charge on any atom is -0.457 e. The fourth-order valence-electron chi connectivity index (χ4n) is 6.38. The van der Waals surface area contributed by atoms with Crippen molar-refractivity contribution >= 4 is 17.0 Å². The number of ether oxygens (including phenoxy) is 2. The fraction of sp³-hybridized carbons (Fsp3) is 0.581. The quantitative estimate of drug-likeness (QED) is 0.221. The number of fused-ring (bicyclic) bond motifs is 2. The second kappa shape index (κ2) is 13.5. The molecule has 2 aromatic heterocycles. The Kier molecular flexibility index (Phi) is 10.1. The minimum atomic E-state index is -0.662. The molecule has 3 aromatic rings. The standard InChI is InChI=1S/C31H43FN4O4/c1-22(2)29-25-10-9-24(32)19-23(25)11-13-31(29,40-28(37)21-39-4)14-18-35(3)16-7-5-6-8-17-36-27-20-33-15-12-26(27)34-30(36)38/h9-10,12,15,19-20,22,29H,5-8,11,13-14,16-18,21H2,1-4H3,(H,34,38)/t29-,31-/m0/s1. The smallest absolute Gasteiger partial charge is 0.332 e. The highest BCUT2D eigenvalue weighted by Gasteiger charge is 2.47. The molecule has 0 saturated carbocycles. The van der Waals surface area contributed by atoms with Crippen molar-refractivity contribution in [2.24, 2.45) is 5.92 Å². The number of aromatic amines is 1. The predicted octanol–water partition coefficient (Wildman–Crippen LogP) is 5.06. The van der Waals surface area contributed by atoms with Gasteiger partial charge < -0.3 is 19.4 Å². The molecule has 0 saturated heterocycles. The third kappa shape index (κ3) is 6.99. The van der Waals surface area contributed by atoms with Crippen molar-refractivity contribution < 1.29 is 18.7 Å². The van der Waals surface area contributed by atoms with Crippen LogP contribution in [-0.4, -0.2) is 64.9 Å². The number of aromatic nitrogens is 3. The van der Waals surface area contributed by atoms with E-state index in [1.165, 1.54) is 13.2 Å². The van der Waals surface area contributed by atoms with E-state index in [1.54, 1.807) is 23.0 Å². The number of rotatable bonds is 14. The number of halogens is 1. The van der Waals surface area contributed by atoms with Gasteiger partial charge in [0, 0.05) is 38.7 Å². The Morgan fingerprint density at radius 1 is 1.23 bits per heavy atom. The first kappa shape index (κ1) is 29.9. The van der Waals surface area contributed by atoms with Crippen LogP contribution in [0, 0.1) is 11.7 Å². The molecule has 40 heavy (non-hydrogen) atoms. The number of imidazole rings is 1. The molecule has 0 radical (unpaired) electrons. The lowest BCUT2D eigenvalue weighted by molar-refractivity contribution is -0.172. The van der Waals surface area contributed by atoms with Crippen molar-refractivity contribution in [3.8, 4) is 0 Å². The summed E-state index contributed by atoms with van der Waals surface area (Å²) in [5.41, 5.74) is 3.02. The van der Waals surface area contributed by atoms with E-state index in [1.807, 2.05) is 12.1 Å². The zero-order chi connectivity index (χ0) is 28.7. The monoisotopic (exact) mass is 554 g/mol. The van der Waals surface area contributed by atoms with Crippen LogP contribution in [0.5, 0.6) is 0 Å². The highest BCUT2D eigenvalue weighted by molar-refractivity contribution is 5.73. The van der Waals surface area contributed by atoms with Gasteiger partial charge in [0.05, 0.1) is 17.2 Å². The molecule has 0 fully saturated rings. The molecule has 1 N–H and O–H groups in total. The van der Waals surface area contributed by atoms with E-state index in [9.17, 15) is 14.0 Å². The Bertz CT molecular complexity index is 1340. The molecule has 0 spiro atoms. The first-order chi connectivity index (χ1) is 19.2. The van der Waals surface area contributed by atoms with Gasteiger partial charge in [0.15, 0.2) is 0 Å². The van der Waals surface area contributed by atoms with Crippen LogP contribution in [0.3, 0.4) is 0 Å². The number of carbonyl (C=O) groups is 1. The molecule has 4 rings (SSSR count). The molecule has 0 bridgehead atoms. The number of carbonyl (C=O) groups excluding carboxylic acids is 1. The second-order valence-corrected chi connectivity index (χ2v) is 11.5. The van der Waals surface area contributed by atoms with Gasteiger partial charge in [-0.2, -0.15) is 0 Å². The topological polar surface area (TPSA) is 89.5 Å². The number of aryl methyl sites for hydroxylation is 2. The number of unbranched alkanes of at least 4 members (excludes halogenated alkanes) is 3. The zero-order valence-electron chi connectivity index (χ0n) is 24.2. The predicted molar refractivity (Wildman–Crippen MR) is 154 cm³/mol. The molecule has 8 nitrogen and oxygen atoms in total. The maximum atomic E-state index is 14.0. The summed E-state index contributed by atoms with van der Waals surface area (Å²) in [6.45, 7) is 6.61. The molecule has 1 aliphatic carbocycles. The van der Waals surface area contributed by atoms with Crippen molar-refractivity contribution in [3.63, 3.8) is 0 Å². The lowest BCUT2D eigenvalue weighted by Gasteiger charge is -2.47. The summed E-state index contributed by atoms with van der Waals surface area (Å²) in [6, 6.07) is 6.84. The summed E-state index contributed by atoms with van der Waals surface area (Å²) in [5.74, 6) is -0.387. The number of benzene rings is 1. The third-order valence-corrected chi connectivity index (χ3v) is 8.24. The molecular formula is C31H43FN4O4. The maximum absolute atomic E-state index is 14.0. The first-order valence-electron chi connectivity index (χ1n) is 14.4. The molecular weight excluding hydrogens is 511 g/mol. The highest BCUT2D eigenvalue weighted by atomic mass is 19.1. The van der Waals surface area contributed by atoms with Crippen LogP contribution in [-0.2, 0) is 27.2 Å². The Hall–Kier alpha value is -3.04. The first-order valence-corrected chi connectivity index (χ1v) is 14.4. The number of nitrogens with one attached hydrogen (secondary N) is 1. The molecule has 1 aliphatic rings. The fourth-order valence-corrected chi connectivity index (χ4v) is 6.38. The summed E-state index contributed by atoms with van der Waals surface area (Å²) >= 11 is 0. The van der Waals surface area contributed by atoms with E-state index >= 15 is 0 Å². The Morgan fingerprint density at radius 3 is 2.80 bits per heavy atom. The molecule has 2 atom stereocenters. The number of pyridine rings is 1. The van der Waals surface area contributed by atoms with Crippen LogP contribution in [0.4, 0.5) is 4.39 Å². The number of H-pyrrole nitrogens is 1. The van der Waals surface area contributed by atoms with Crippen LogP contribution in [0.25, 0.3) is 11.0 Å². The second-order valence-electron chi connectivity index (χ2n) is 11.5. The Labute approximate surface area is 235 Å². The van der Waals surface area contributed by atoms with E-state index in [0.29, 0.717) is 25.8 Å². The Balaban J connectivity index is 1.31. The number of esters is 1. The van der Waals surface area contributed by atoms with Gasteiger partial charge in [-0.15, -0.1) is 0 Å². The molecule has 0 unspecified atom stereocenters. The van der Waals surface area contributed by atoms with Gasteiger partial charge in [-0.1, -0.05) is 32.8 Å². The van der Waals surface area contributed by atoms with E-state index < -0.39 is 5.60 Å². The van der Waals surface area contributed by atoms with Gasteiger partial charge in [-0.3, -0.25) is 9.55 Å². The van der Waals surface area contributed by atoms with Gasteiger partial charge in [0.25, 0.3) is 0 Å². The van der Waals surface area contributed by atoms with Crippen molar-refractivity contribution in [2.75, 3.05) is 33.9 Å². The normalized spacial score (nSPS) is 18.9. The van der Waals surface area contributed by atoms with E-state index in [2.05, 4.69) is 35.8 Å². The van der Waals surface area contributed by atoms with Gasteiger partial charge >= 0.3 is 11.7 Å². The number of hydrogen-bond donors (Lipinski definition) is 1. The molecule has 0 amide bonds. The summed E-state index contributed by atoms with van der Waals surface area (Å²) in [4.78, 5) is 34.3. The van der Waals surface area contributed by atoms with Gasteiger partial charge in [0.2, 0.25) is 0 Å². The van der Waals surface area contributed by atoms with E-state index in [0.717, 1.165) is 60.9 Å². The van der Waals surface area contributed by atoms with Crippen LogP contribution in [0.1, 0.15) is 69.4 Å². The van der Waals surface area contributed by atoms with Crippen LogP contribution in [0.2, 0.25) is 0 Å². The average molecular weight is 555 g/mol. The summed E-state index contributed by atoms with van der Waals surface area (Å²) in [7, 11) is 3.61. The van der Waals surface area contributed by atoms with Crippen LogP contribution in [0.15, 0.2) is 41.5 Å². The number of hydrogen-bond acceptors (Lipinski definition) is 6. The maximum Gasteiger partial charge on any atom is 0.332 e. The molecule has 1 aromatic carbocycles. The van der Waals surface area contributed by atoms with Gasteiger partial charge in [0.1, 0.15) is 18.0 Å². The molecule has 0 aliphatic heterocycles. The Morgan fingerprint density at radius 2 is 2.02 bits per heavy atom. The minimum absolute atomic E-state index is 0.0193. The molecule has 2 heterocycles. The van der Waals surface area contributed by atoms with Crippen LogP contribution >= 0.6 is 0 Å². The summed E-state index contributed by atoms with van der Waals surface area (Å²) in [5, 5.41) is 0. The van der Waals surface area contributed by atoms with Crippen molar-refractivity contribution in [2.45, 2.75) is 76.9 Å². The number of methoxy groups -OCH3 is 1. The third-order valence-electron chi connectivity index (χ3n) is 8.24. The lowest BCUT2D eigenvalue weighted by Crippen LogP contribution is -2.49. The summed E-state index contributed by atoms with van der Waals surface area (Å²) < 4.78 is 27.1. The SMILES string of the molecule is COCC(=O)O[C@]1(CCN(C)CCCCCCn2c(=O)[nH]c3ccncc32)CCc2cc(F)ccc2[C@@H]1C(C)C. The van der Waals surface area contributed by atoms with Crippen molar-refractivity contribution in [3.05, 3.63) is 64.1 Å². The van der Waals surface area contributed by atoms with Crippen molar-refractivity contribution in [1.29, 1.82) is 0 Å². The van der Waals surface area contributed by atoms with Gasteiger partial charge in [-0.05, 0) is 74.5 Å².